The van der Waals surface area contributed by atoms with E-state index in [0.717, 1.165) is 11.6 Å². The van der Waals surface area contributed by atoms with Gasteiger partial charge in [0.05, 0.1) is 0 Å². The predicted octanol–water partition coefficient (Wildman–Crippen LogP) is 4.20. The van der Waals surface area contributed by atoms with Crippen molar-refractivity contribution in [2.75, 3.05) is 5.32 Å². The van der Waals surface area contributed by atoms with Gasteiger partial charge in [0.15, 0.2) is 11.6 Å². The number of aromatic nitrogens is 1. The topological polar surface area (TPSA) is 83.5 Å². The molecule has 1 aromatic carbocycles. The maximum absolute atomic E-state index is 14.5. The number of ether oxygens (including phenoxy) is 1. The summed E-state index contributed by atoms with van der Waals surface area (Å²) in [6.45, 7) is 3.07. The fraction of sp³-hybridized carbons (Fsp3) is 0.238. The highest BCUT2D eigenvalue weighted by Crippen LogP contribution is 2.34. The summed E-state index contributed by atoms with van der Waals surface area (Å²) in [5.41, 5.74) is 1.11. The van der Waals surface area contributed by atoms with Crippen LogP contribution in [0.5, 0.6) is 11.5 Å². The number of hydrogen-bond donors (Lipinski definition) is 3. The van der Waals surface area contributed by atoms with Crippen molar-refractivity contribution in [3.63, 3.8) is 0 Å². The predicted molar refractivity (Wildman–Crippen MR) is 105 cm³/mol. The first-order chi connectivity index (χ1) is 13.9. The smallest absolute Gasteiger partial charge is 0.255 e. The van der Waals surface area contributed by atoms with E-state index >= 15 is 0 Å². The van der Waals surface area contributed by atoms with Crippen LogP contribution >= 0.6 is 0 Å². The van der Waals surface area contributed by atoms with Gasteiger partial charge < -0.3 is 20.5 Å². The van der Waals surface area contributed by atoms with E-state index in [-0.39, 0.29) is 11.3 Å². The lowest BCUT2D eigenvalue weighted by molar-refractivity contribution is 0.0965. The highest BCUT2D eigenvalue weighted by atomic mass is 19.1. The number of pyridine rings is 1. The maximum Gasteiger partial charge on any atom is 0.255 e. The largest absolute Gasteiger partial charge is 0.454 e. The Morgan fingerprint density at radius 1 is 1.38 bits per heavy atom. The maximum atomic E-state index is 14.5. The van der Waals surface area contributed by atoms with Crippen LogP contribution in [0.4, 0.5) is 14.6 Å². The monoisotopic (exact) mass is 401 g/mol. The van der Waals surface area contributed by atoms with E-state index in [0.29, 0.717) is 30.1 Å². The van der Waals surface area contributed by atoms with E-state index in [1.165, 1.54) is 44.3 Å². The van der Waals surface area contributed by atoms with Gasteiger partial charge in [-0.3, -0.25) is 4.79 Å². The SMILES string of the molecule is C/C=C(F)\C=C(/C)NC(=O)c1ccc(Oc2ccnc3c2CC[C@@H](O)N3)c(F)c1. The number of anilines is 1. The molecule has 0 saturated carbocycles. The van der Waals surface area contributed by atoms with Gasteiger partial charge in [0.1, 0.15) is 23.6 Å². The van der Waals surface area contributed by atoms with E-state index in [1.807, 2.05) is 0 Å². The van der Waals surface area contributed by atoms with Crippen molar-refractivity contribution < 1.29 is 23.4 Å². The van der Waals surface area contributed by atoms with Crippen molar-refractivity contribution in [3.05, 3.63) is 71.1 Å². The minimum atomic E-state index is -0.715. The van der Waals surface area contributed by atoms with Crippen LogP contribution in [0, 0.1) is 5.82 Å². The number of halogens is 2. The molecule has 29 heavy (non-hydrogen) atoms. The van der Waals surface area contributed by atoms with Crippen molar-refractivity contribution in [1.82, 2.24) is 10.3 Å². The Morgan fingerprint density at radius 2 is 2.17 bits per heavy atom. The van der Waals surface area contributed by atoms with Crippen molar-refractivity contribution in [1.29, 1.82) is 0 Å². The van der Waals surface area contributed by atoms with Crippen LogP contribution in [0.3, 0.4) is 0 Å². The van der Waals surface area contributed by atoms with Gasteiger partial charge in [-0.05, 0) is 57.0 Å². The number of nitrogens with one attached hydrogen (secondary N) is 2. The van der Waals surface area contributed by atoms with Crippen molar-refractivity contribution in [3.8, 4) is 11.5 Å². The molecule has 2 aromatic rings. The summed E-state index contributed by atoms with van der Waals surface area (Å²) < 4.78 is 33.5. The number of benzene rings is 1. The Hall–Kier alpha value is -3.26. The number of aliphatic hydroxyl groups is 1. The third-order valence-electron chi connectivity index (χ3n) is 4.34. The zero-order valence-corrected chi connectivity index (χ0v) is 16.0. The molecule has 0 aliphatic carbocycles. The molecular weight excluding hydrogens is 380 g/mol. The van der Waals surface area contributed by atoms with E-state index in [4.69, 9.17) is 4.74 Å². The zero-order chi connectivity index (χ0) is 21.0. The Balaban J connectivity index is 1.76. The van der Waals surface area contributed by atoms with Crippen molar-refractivity contribution in [2.45, 2.75) is 32.9 Å². The molecule has 8 heteroatoms. The second-order valence-electron chi connectivity index (χ2n) is 6.54. The van der Waals surface area contributed by atoms with Crippen LogP contribution < -0.4 is 15.4 Å². The number of allylic oxidation sites excluding steroid dienone is 4. The summed E-state index contributed by atoms with van der Waals surface area (Å²) >= 11 is 0. The average Bonchev–Trinajstić information content (AvgIpc) is 2.69. The molecule has 1 aliphatic rings. The molecule has 1 amide bonds. The number of carbonyl (C=O) groups is 1. The summed E-state index contributed by atoms with van der Waals surface area (Å²) in [5, 5.41) is 15.0. The molecule has 6 nitrogen and oxygen atoms in total. The third-order valence-corrected chi connectivity index (χ3v) is 4.34. The van der Waals surface area contributed by atoms with Crippen molar-refractivity contribution in [2.24, 2.45) is 0 Å². The molecule has 152 valence electrons. The van der Waals surface area contributed by atoms with Gasteiger partial charge in [-0.2, -0.15) is 0 Å². The van der Waals surface area contributed by atoms with Gasteiger partial charge in [0.2, 0.25) is 0 Å². The van der Waals surface area contributed by atoms with Gasteiger partial charge in [0.25, 0.3) is 5.91 Å². The molecule has 1 atom stereocenters. The number of aliphatic hydroxyl groups excluding tert-OH is 1. The molecular formula is C21H21F2N3O3. The van der Waals surface area contributed by atoms with E-state index < -0.39 is 23.8 Å². The number of fused-ring (bicyclic) bond motifs is 1. The van der Waals surface area contributed by atoms with Crippen LogP contribution in [0.25, 0.3) is 0 Å². The Labute approximate surface area is 166 Å². The fourth-order valence-corrected chi connectivity index (χ4v) is 2.87. The lowest BCUT2D eigenvalue weighted by Gasteiger charge is -2.23. The molecule has 0 fully saturated rings. The Bertz CT molecular complexity index is 989. The number of rotatable bonds is 5. The molecule has 0 saturated heterocycles. The highest BCUT2D eigenvalue weighted by Gasteiger charge is 2.21. The average molecular weight is 401 g/mol. The quantitative estimate of drug-likeness (QED) is 0.654. The second-order valence-corrected chi connectivity index (χ2v) is 6.54. The molecule has 1 aliphatic heterocycles. The summed E-state index contributed by atoms with van der Waals surface area (Å²) in [6, 6.07) is 5.44. The summed E-state index contributed by atoms with van der Waals surface area (Å²) in [4.78, 5) is 16.4. The first kappa shape index (κ1) is 20.5. The molecule has 1 aromatic heterocycles. The molecule has 0 bridgehead atoms. The third kappa shape index (κ3) is 4.97. The van der Waals surface area contributed by atoms with E-state index in [1.54, 1.807) is 6.07 Å². The van der Waals surface area contributed by atoms with Gasteiger partial charge >= 0.3 is 0 Å². The summed E-state index contributed by atoms with van der Waals surface area (Å²) in [6.07, 6.45) is 4.26. The van der Waals surface area contributed by atoms with Crippen LogP contribution in [0.2, 0.25) is 0 Å². The minimum Gasteiger partial charge on any atom is -0.454 e. The van der Waals surface area contributed by atoms with Crippen LogP contribution in [0.15, 0.2) is 54.1 Å². The molecule has 0 spiro atoms. The number of nitrogens with zero attached hydrogens (tertiary/aromatic N) is 1. The first-order valence-electron chi connectivity index (χ1n) is 9.08. The minimum absolute atomic E-state index is 0.0479. The molecule has 0 unspecified atom stereocenters. The lowest BCUT2D eigenvalue weighted by atomic mass is 10.1. The molecule has 0 radical (unpaired) electrons. The van der Waals surface area contributed by atoms with Crippen molar-refractivity contribution >= 4 is 11.7 Å². The number of amides is 1. The lowest BCUT2D eigenvalue weighted by Crippen LogP contribution is -2.25. The molecule has 2 heterocycles. The van der Waals surface area contributed by atoms with E-state index in [2.05, 4.69) is 15.6 Å². The van der Waals surface area contributed by atoms with Gasteiger partial charge in [-0.25, -0.2) is 13.8 Å². The summed E-state index contributed by atoms with van der Waals surface area (Å²) in [5.74, 6) is -0.894. The zero-order valence-electron chi connectivity index (χ0n) is 16.0. The normalized spacial score (nSPS) is 16.7. The first-order valence-corrected chi connectivity index (χ1v) is 9.08. The van der Waals surface area contributed by atoms with Gasteiger partial charge in [-0.1, -0.05) is 6.08 Å². The van der Waals surface area contributed by atoms with Gasteiger partial charge in [-0.15, -0.1) is 0 Å². The summed E-state index contributed by atoms with van der Waals surface area (Å²) in [7, 11) is 0. The highest BCUT2D eigenvalue weighted by molar-refractivity contribution is 5.95. The van der Waals surface area contributed by atoms with E-state index in [9.17, 15) is 18.7 Å². The van der Waals surface area contributed by atoms with Crippen LogP contribution in [-0.4, -0.2) is 22.2 Å². The number of carbonyl (C=O) groups excluding carboxylic acids is 1. The Kier molecular flexibility index (Phi) is 6.23. The number of hydrogen-bond acceptors (Lipinski definition) is 5. The standard InChI is InChI=1S/C21H21F2N3O3/c1-3-14(22)10-12(2)25-21(28)13-4-6-18(16(23)11-13)29-17-8-9-24-20-15(17)5-7-19(27)26-20/h3-4,6,8-11,19,27H,5,7H2,1-2H3,(H,24,26)(H,25,28)/b12-10+,14-3+/t19-/m1/s1. The molecule has 3 rings (SSSR count). The van der Waals surface area contributed by atoms with Gasteiger partial charge in [0, 0.05) is 23.0 Å². The second kappa shape index (κ2) is 8.83. The molecule has 3 N–H and O–H groups in total. The van der Waals surface area contributed by atoms with Crippen LogP contribution in [-0.2, 0) is 6.42 Å². The Morgan fingerprint density at radius 3 is 2.90 bits per heavy atom. The van der Waals surface area contributed by atoms with Crippen LogP contribution in [0.1, 0.15) is 36.2 Å². The fourth-order valence-electron chi connectivity index (χ4n) is 2.87.